The predicted molar refractivity (Wildman–Crippen MR) is 77.3 cm³/mol. The minimum Gasteiger partial charge on any atom is -0.370 e. The van der Waals surface area contributed by atoms with Gasteiger partial charge in [-0.2, -0.15) is 0 Å². The molecule has 2 rings (SSSR count). The number of benzene rings is 1. The zero-order valence-electron chi connectivity index (χ0n) is 10.7. The molecule has 18 heavy (non-hydrogen) atoms. The zero-order valence-corrected chi connectivity index (χ0v) is 12.3. The van der Waals surface area contributed by atoms with Gasteiger partial charge >= 0.3 is 0 Å². The molecule has 4 heteroatoms. The Hall–Kier alpha value is -1.03. The highest BCUT2D eigenvalue weighted by Crippen LogP contribution is 2.44. The summed E-state index contributed by atoms with van der Waals surface area (Å²) < 4.78 is 0.957. The first-order valence-electron chi connectivity index (χ1n) is 6.27. The zero-order chi connectivity index (χ0) is 13.3. The van der Waals surface area contributed by atoms with Crippen molar-refractivity contribution >= 4 is 27.5 Å². The SMILES string of the molecule is CC(C)C1CC(Nc2ccccc2Br)(C(N)=O)C1. The van der Waals surface area contributed by atoms with Crippen molar-refractivity contribution < 1.29 is 4.79 Å². The summed E-state index contributed by atoms with van der Waals surface area (Å²) in [6.07, 6.45) is 1.64. The van der Waals surface area contributed by atoms with Crippen LogP contribution in [0.4, 0.5) is 5.69 Å². The molecule has 1 amide bonds. The van der Waals surface area contributed by atoms with Gasteiger partial charge in [-0.05, 0) is 52.7 Å². The Balaban J connectivity index is 2.15. The molecule has 1 fully saturated rings. The third-order valence-electron chi connectivity index (χ3n) is 3.88. The van der Waals surface area contributed by atoms with Crippen LogP contribution in [-0.2, 0) is 4.79 Å². The van der Waals surface area contributed by atoms with Crippen molar-refractivity contribution in [1.29, 1.82) is 0 Å². The molecule has 98 valence electrons. The summed E-state index contributed by atoms with van der Waals surface area (Å²) in [5.41, 5.74) is 5.93. The van der Waals surface area contributed by atoms with Crippen molar-refractivity contribution in [1.82, 2.24) is 0 Å². The van der Waals surface area contributed by atoms with E-state index in [1.807, 2.05) is 24.3 Å². The lowest BCUT2D eigenvalue weighted by Gasteiger charge is -2.48. The smallest absolute Gasteiger partial charge is 0.243 e. The molecule has 0 aromatic heterocycles. The maximum absolute atomic E-state index is 11.7. The van der Waals surface area contributed by atoms with E-state index >= 15 is 0 Å². The minimum absolute atomic E-state index is 0.254. The first-order chi connectivity index (χ1) is 8.44. The number of nitrogens with one attached hydrogen (secondary N) is 1. The fourth-order valence-corrected chi connectivity index (χ4v) is 2.88. The van der Waals surface area contributed by atoms with Crippen molar-refractivity contribution in [3.63, 3.8) is 0 Å². The highest BCUT2D eigenvalue weighted by molar-refractivity contribution is 9.10. The average Bonchev–Trinajstić information content (AvgIpc) is 2.24. The first-order valence-corrected chi connectivity index (χ1v) is 7.06. The van der Waals surface area contributed by atoms with Gasteiger partial charge in [0.05, 0.1) is 0 Å². The first kappa shape index (κ1) is 13.4. The van der Waals surface area contributed by atoms with Crippen LogP contribution in [0.1, 0.15) is 26.7 Å². The molecule has 3 nitrogen and oxygen atoms in total. The molecule has 0 atom stereocenters. The van der Waals surface area contributed by atoms with E-state index < -0.39 is 5.54 Å². The summed E-state index contributed by atoms with van der Waals surface area (Å²) >= 11 is 3.48. The van der Waals surface area contributed by atoms with E-state index in [-0.39, 0.29) is 5.91 Å². The number of carbonyl (C=O) groups excluding carboxylic acids is 1. The standard InChI is InChI=1S/C14H19BrN2O/c1-9(2)10-7-14(8-10,13(16)18)17-12-6-4-3-5-11(12)15/h3-6,9-10,17H,7-8H2,1-2H3,(H2,16,18). The van der Waals surface area contributed by atoms with Crippen molar-refractivity contribution in [3.8, 4) is 0 Å². The summed E-state index contributed by atoms with van der Waals surface area (Å²) in [6.45, 7) is 4.38. The molecule has 0 spiro atoms. The molecule has 0 radical (unpaired) electrons. The van der Waals surface area contributed by atoms with E-state index in [0.29, 0.717) is 11.8 Å². The monoisotopic (exact) mass is 310 g/mol. The Morgan fingerprint density at radius 3 is 2.56 bits per heavy atom. The number of amides is 1. The molecule has 0 aliphatic heterocycles. The molecule has 1 aromatic rings. The van der Waals surface area contributed by atoms with Crippen molar-refractivity contribution in [3.05, 3.63) is 28.7 Å². The Labute approximate surface area is 116 Å². The van der Waals surface area contributed by atoms with E-state index in [1.54, 1.807) is 0 Å². The Bertz CT molecular complexity index is 453. The lowest BCUT2D eigenvalue weighted by Crippen LogP contribution is -2.60. The van der Waals surface area contributed by atoms with Crippen LogP contribution in [0, 0.1) is 11.8 Å². The van der Waals surface area contributed by atoms with Gasteiger partial charge in [-0.15, -0.1) is 0 Å². The van der Waals surface area contributed by atoms with Crippen molar-refractivity contribution in [2.45, 2.75) is 32.2 Å². The Morgan fingerprint density at radius 1 is 1.44 bits per heavy atom. The average molecular weight is 311 g/mol. The van der Waals surface area contributed by atoms with Crippen LogP contribution in [0.25, 0.3) is 0 Å². The fraction of sp³-hybridized carbons (Fsp3) is 0.500. The third-order valence-corrected chi connectivity index (χ3v) is 4.58. The van der Waals surface area contributed by atoms with Gasteiger partial charge in [-0.25, -0.2) is 0 Å². The van der Waals surface area contributed by atoms with Crippen LogP contribution < -0.4 is 11.1 Å². The molecule has 1 aromatic carbocycles. The van der Waals surface area contributed by atoms with Crippen LogP contribution in [0.5, 0.6) is 0 Å². The number of hydrogen-bond acceptors (Lipinski definition) is 2. The van der Waals surface area contributed by atoms with Gasteiger partial charge in [0.2, 0.25) is 5.91 Å². The quantitative estimate of drug-likeness (QED) is 0.897. The van der Waals surface area contributed by atoms with E-state index in [1.165, 1.54) is 0 Å². The maximum Gasteiger partial charge on any atom is 0.243 e. The second-order valence-electron chi connectivity index (χ2n) is 5.46. The molecule has 0 saturated heterocycles. The van der Waals surface area contributed by atoms with Crippen LogP contribution in [-0.4, -0.2) is 11.4 Å². The van der Waals surface area contributed by atoms with Gasteiger partial charge in [0.25, 0.3) is 0 Å². The second-order valence-corrected chi connectivity index (χ2v) is 6.32. The molecule has 1 saturated carbocycles. The molecule has 0 bridgehead atoms. The lowest BCUT2D eigenvalue weighted by atomic mass is 9.63. The molecule has 0 unspecified atom stereocenters. The number of para-hydroxylation sites is 1. The van der Waals surface area contributed by atoms with E-state index in [0.717, 1.165) is 23.0 Å². The van der Waals surface area contributed by atoms with E-state index in [4.69, 9.17) is 5.73 Å². The van der Waals surface area contributed by atoms with Crippen LogP contribution in [0.3, 0.4) is 0 Å². The summed E-state index contributed by atoms with van der Waals surface area (Å²) in [5, 5.41) is 3.32. The molecule has 3 N–H and O–H groups in total. The lowest BCUT2D eigenvalue weighted by molar-refractivity contribution is -0.127. The molecule has 1 aliphatic carbocycles. The van der Waals surface area contributed by atoms with Crippen LogP contribution in [0.2, 0.25) is 0 Å². The number of hydrogen-bond donors (Lipinski definition) is 2. The minimum atomic E-state index is -0.571. The van der Waals surface area contributed by atoms with Crippen LogP contribution >= 0.6 is 15.9 Å². The van der Waals surface area contributed by atoms with Crippen molar-refractivity contribution in [2.24, 2.45) is 17.6 Å². The molecule has 0 heterocycles. The number of halogens is 1. The van der Waals surface area contributed by atoms with Crippen molar-refractivity contribution in [2.75, 3.05) is 5.32 Å². The van der Waals surface area contributed by atoms with Gasteiger partial charge in [-0.1, -0.05) is 26.0 Å². The van der Waals surface area contributed by atoms with Gasteiger partial charge in [0, 0.05) is 10.2 Å². The second kappa shape index (κ2) is 4.92. The maximum atomic E-state index is 11.7. The van der Waals surface area contributed by atoms with Gasteiger partial charge < -0.3 is 11.1 Å². The highest BCUT2D eigenvalue weighted by Gasteiger charge is 2.50. The number of anilines is 1. The van der Waals surface area contributed by atoms with Gasteiger partial charge in [0.15, 0.2) is 0 Å². The summed E-state index contributed by atoms with van der Waals surface area (Å²) in [6, 6.07) is 7.80. The van der Waals surface area contributed by atoms with Gasteiger partial charge in [-0.3, -0.25) is 4.79 Å². The van der Waals surface area contributed by atoms with E-state index in [9.17, 15) is 4.79 Å². The Kier molecular flexibility index (Phi) is 3.66. The molecular weight excluding hydrogens is 292 g/mol. The predicted octanol–water partition coefficient (Wildman–Crippen LogP) is 3.15. The number of carbonyl (C=O) groups is 1. The number of nitrogens with two attached hydrogens (primary N) is 1. The summed E-state index contributed by atoms with van der Waals surface area (Å²) in [5.74, 6) is 0.918. The molecular formula is C14H19BrN2O. The highest BCUT2D eigenvalue weighted by atomic mass is 79.9. The number of primary amides is 1. The number of rotatable bonds is 4. The summed E-state index contributed by atoms with van der Waals surface area (Å²) in [4.78, 5) is 11.7. The third kappa shape index (κ3) is 2.39. The topological polar surface area (TPSA) is 55.1 Å². The fourth-order valence-electron chi connectivity index (χ4n) is 2.49. The largest absolute Gasteiger partial charge is 0.370 e. The van der Waals surface area contributed by atoms with Crippen LogP contribution in [0.15, 0.2) is 28.7 Å². The molecule has 1 aliphatic rings. The normalized spacial score (nSPS) is 26.8. The van der Waals surface area contributed by atoms with Gasteiger partial charge in [0.1, 0.15) is 5.54 Å². The Morgan fingerprint density at radius 2 is 2.06 bits per heavy atom. The van der Waals surface area contributed by atoms with E-state index in [2.05, 4.69) is 35.1 Å². The summed E-state index contributed by atoms with van der Waals surface area (Å²) in [7, 11) is 0.